The first-order valence-corrected chi connectivity index (χ1v) is 9.99. The van der Waals surface area contributed by atoms with Crippen LogP contribution in [0.1, 0.15) is 34.5 Å². The molecule has 2 rings (SSSR count). The Morgan fingerprint density at radius 2 is 1.88 bits per heavy atom. The highest BCUT2D eigenvalue weighted by Crippen LogP contribution is 2.19. The van der Waals surface area contributed by atoms with E-state index in [-0.39, 0.29) is 42.2 Å². The summed E-state index contributed by atoms with van der Waals surface area (Å²) in [7, 11) is 1.59. The number of aliphatic imine (C=N–C) groups is 1. The molecule has 1 unspecified atom stereocenters. The van der Waals surface area contributed by atoms with Crippen molar-refractivity contribution in [3.8, 4) is 5.75 Å². The van der Waals surface area contributed by atoms with Crippen molar-refractivity contribution in [1.82, 2.24) is 16.0 Å². The molecule has 1 amide bonds. The maximum Gasteiger partial charge on any atom is 0.387 e. The molecule has 2 aromatic rings. The van der Waals surface area contributed by atoms with E-state index in [1.165, 1.54) is 24.3 Å². The normalized spacial score (nSPS) is 12.0. The van der Waals surface area contributed by atoms with E-state index >= 15 is 0 Å². The molecule has 0 aromatic heterocycles. The van der Waals surface area contributed by atoms with Crippen molar-refractivity contribution in [2.24, 2.45) is 4.99 Å². The topological polar surface area (TPSA) is 95.0 Å². The van der Waals surface area contributed by atoms with E-state index in [0.717, 1.165) is 5.56 Å². The number of carbonyl (C=O) groups is 1. The van der Waals surface area contributed by atoms with E-state index in [9.17, 15) is 18.7 Å². The van der Waals surface area contributed by atoms with Gasteiger partial charge in [-0.1, -0.05) is 24.3 Å². The molecule has 0 aliphatic heterocycles. The fourth-order valence-corrected chi connectivity index (χ4v) is 2.83. The monoisotopic (exact) mass is 562 g/mol. The number of hydrogen-bond acceptors (Lipinski definition) is 4. The minimum absolute atomic E-state index is 0. The molecule has 2 aromatic carbocycles. The van der Waals surface area contributed by atoms with Gasteiger partial charge in [-0.2, -0.15) is 8.78 Å². The number of aliphatic hydroxyl groups excluding tert-OH is 1. The number of carbonyl (C=O) groups excluding carboxylic acids is 1. The van der Waals surface area contributed by atoms with Gasteiger partial charge in [0.15, 0.2) is 5.96 Å². The molecule has 4 N–H and O–H groups in total. The van der Waals surface area contributed by atoms with Crippen molar-refractivity contribution in [1.29, 1.82) is 0 Å². The van der Waals surface area contributed by atoms with Gasteiger partial charge in [-0.15, -0.1) is 24.0 Å². The minimum atomic E-state index is -2.89. The van der Waals surface area contributed by atoms with E-state index < -0.39 is 12.7 Å². The average molecular weight is 562 g/mol. The Labute approximate surface area is 203 Å². The zero-order valence-corrected chi connectivity index (χ0v) is 20.3. The van der Waals surface area contributed by atoms with Crippen LogP contribution in [0.5, 0.6) is 5.75 Å². The molecule has 0 saturated carbocycles. The molecule has 1 atom stereocenters. The summed E-state index contributed by atoms with van der Waals surface area (Å²) >= 11 is 0. The summed E-state index contributed by atoms with van der Waals surface area (Å²) in [6.07, 6.45) is -0.205. The van der Waals surface area contributed by atoms with Gasteiger partial charge < -0.3 is 25.8 Å². The highest BCUT2D eigenvalue weighted by Gasteiger charge is 2.10. The third kappa shape index (κ3) is 9.35. The lowest BCUT2D eigenvalue weighted by molar-refractivity contribution is -0.0498. The summed E-state index contributed by atoms with van der Waals surface area (Å²) in [5, 5.41) is 19.2. The van der Waals surface area contributed by atoms with Crippen molar-refractivity contribution in [3.05, 3.63) is 65.2 Å². The maximum atomic E-state index is 12.2. The molecular formula is C22H29F2IN4O3. The van der Waals surface area contributed by atoms with E-state index in [4.69, 9.17) is 0 Å². The first kappa shape index (κ1) is 27.6. The molecular weight excluding hydrogens is 533 g/mol. The van der Waals surface area contributed by atoms with Crippen molar-refractivity contribution >= 4 is 35.8 Å². The van der Waals surface area contributed by atoms with Gasteiger partial charge in [0, 0.05) is 25.7 Å². The zero-order valence-electron chi connectivity index (χ0n) is 18.0. The zero-order chi connectivity index (χ0) is 22.6. The van der Waals surface area contributed by atoms with Crippen LogP contribution in [0.25, 0.3) is 0 Å². The Kier molecular flexibility index (Phi) is 12.5. The molecule has 0 radical (unpaired) electrons. The largest absolute Gasteiger partial charge is 0.435 e. The fraction of sp³-hybridized carbons (Fsp3) is 0.364. The number of amides is 1. The number of nitrogens with one attached hydrogen (secondary N) is 3. The first-order valence-electron chi connectivity index (χ1n) is 9.99. The second-order valence-electron chi connectivity index (χ2n) is 6.64. The summed E-state index contributed by atoms with van der Waals surface area (Å²) in [6, 6.07) is 13.2. The average Bonchev–Trinajstić information content (AvgIpc) is 2.77. The van der Waals surface area contributed by atoms with Crippen LogP contribution < -0.4 is 20.7 Å². The quantitative estimate of drug-likeness (QED) is 0.203. The summed E-state index contributed by atoms with van der Waals surface area (Å²) < 4.78 is 28.7. The Morgan fingerprint density at radius 1 is 1.16 bits per heavy atom. The van der Waals surface area contributed by atoms with Crippen molar-refractivity contribution in [2.75, 3.05) is 26.7 Å². The maximum absolute atomic E-state index is 12.2. The first-order chi connectivity index (χ1) is 14.9. The van der Waals surface area contributed by atoms with Crippen LogP contribution in [0.4, 0.5) is 8.78 Å². The van der Waals surface area contributed by atoms with Crippen molar-refractivity contribution in [2.45, 2.75) is 26.1 Å². The molecule has 176 valence electrons. The second kappa shape index (κ2) is 14.6. The predicted molar refractivity (Wildman–Crippen MR) is 131 cm³/mol. The van der Waals surface area contributed by atoms with Gasteiger partial charge in [0.05, 0.1) is 12.6 Å². The number of benzene rings is 2. The lowest BCUT2D eigenvalue weighted by Crippen LogP contribution is -2.38. The number of guanidine groups is 1. The fourth-order valence-electron chi connectivity index (χ4n) is 2.83. The van der Waals surface area contributed by atoms with Gasteiger partial charge in [0.2, 0.25) is 0 Å². The third-order valence-corrected chi connectivity index (χ3v) is 4.38. The molecule has 0 aliphatic rings. The molecule has 0 spiro atoms. The van der Waals surface area contributed by atoms with Gasteiger partial charge >= 0.3 is 6.61 Å². The van der Waals surface area contributed by atoms with E-state index in [1.807, 2.05) is 25.1 Å². The molecule has 32 heavy (non-hydrogen) atoms. The molecule has 0 heterocycles. The number of rotatable bonds is 10. The third-order valence-electron chi connectivity index (χ3n) is 4.38. The van der Waals surface area contributed by atoms with E-state index in [1.54, 1.807) is 13.1 Å². The minimum Gasteiger partial charge on any atom is -0.435 e. The molecule has 0 aliphatic carbocycles. The van der Waals surface area contributed by atoms with Crippen LogP contribution in [0.15, 0.2) is 53.5 Å². The van der Waals surface area contributed by atoms with Crippen molar-refractivity contribution < 1.29 is 23.4 Å². The van der Waals surface area contributed by atoms with Gasteiger partial charge in [0.1, 0.15) is 5.75 Å². The number of aliphatic hydroxyl groups is 1. The molecule has 0 bridgehead atoms. The number of alkyl halides is 2. The van der Waals surface area contributed by atoms with Crippen LogP contribution in [0, 0.1) is 0 Å². The summed E-state index contributed by atoms with van der Waals surface area (Å²) in [6.45, 7) is 0.367. The molecule has 7 nitrogen and oxygen atoms in total. The lowest BCUT2D eigenvalue weighted by Gasteiger charge is -2.14. The number of nitrogens with zero attached hydrogens (tertiary/aromatic N) is 1. The summed E-state index contributed by atoms with van der Waals surface area (Å²) in [5.74, 6) is 0.444. The Hall–Kier alpha value is -2.47. The van der Waals surface area contributed by atoms with Crippen LogP contribution in [-0.4, -0.2) is 50.3 Å². The Bertz CT molecular complexity index is 867. The van der Waals surface area contributed by atoms with Crippen LogP contribution in [0.2, 0.25) is 0 Å². The number of ether oxygens (including phenoxy) is 1. The van der Waals surface area contributed by atoms with E-state index in [0.29, 0.717) is 36.6 Å². The highest BCUT2D eigenvalue weighted by atomic mass is 127. The Balaban J connectivity index is 0.00000512. The molecule has 0 saturated heterocycles. The Morgan fingerprint density at radius 3 is 2.50 bits per heavy atom. The predicted octanol–water partition coefficient (Wildman–Crippen LogP) is 3.10. The molecule has 10 heteroatoms. The standard InChI is InChI=1S/C22H28F2N4O3.HI/c1-3-26-22(27-12-11-15-5-4-6-17(13-15)20(30)25-2)28-14-19(29)16-7-9-18(10-8-16)31-21(23)24;/h4-10,13,19,21,29H,3,11-12,14H2,1-2H3,(H,25,30)(H2,26,27,28);1H. The van der Waals surface area contributed by atoms with Crippen LogP contribution in [0.3, 0.4) is 0 Å². The van der Waals surface area contributed by atoms with Gasteiger partial charge in [-0.3, -0.25) is 9.79 Å². The summed E-state index contributed by atoms with van der Waals surface area (Å²) in [4.78, 5) is 16.1. The van der Waals surface area contributed by atoms with Crippen LogP contribution >= 0.6 is 24.0 Å². The van der Waals surface area contributed by atoms with Crippen molar-refractivity contribution in [3.63, 3.8) is 0 Å². The molecule has 0 fully saturated rings. The number of halogens is 3. The van der Waals surface area contributed by atoms with E-state index in [2.05, 4.69) is 25.7 Å². The smallest absolute Gasteiger partial charge is 0.387 e. The van der Waals surface area contributed by atoms with Crippen LogP contribution in [-0.2, 0) is 6.42 Å². The van der Waals surface area contributed by atoms with Gasteiger partial charge in [-0.05, 0) is 48.7 Å². The second-order valence-corrected chi connectivity index (χ2v) is 6.64. The highest BCUT2D eigenvalue weighted by molar-refractivity contribution is 14.0. The number of hydrogen-bond donors (Lipinski definition) is 4. The van der Waals surface area contributed by atoms with Gasteiger partial charge in [0.25, 0.3) is 5.91 Å². The summed E-state index contributed by atoms with van der Waals surface area (Å²) in [5.41, 5.74) is 2.16. The SMILES string of the molecule is CCNC(=NCC(O)c1ccc(OC(F)F)cc1)NCCc1cccc(C(=O)NC)c1.I. The van der Waals surface area contributed by atoms with Gasteiger partial charge in [-0.25, -0.2) is 0 Å². The lowest BCUT2D eigenvalue weighted by atomic mass is 10.1.